The fourth-order valence-corrected chi connectivity index (χ4v) is 2.49. The van der Waals surface area contributed by atoms with Crippen LogP contribution in [0.5, 0.6) is 0 Å². The first-order chi connectivity index (χ1) is 8.33. The maximum atomic E-state index is 6.16. The van der Waals surface area contributed by atoms with Crippen molar-refractivity contribution >= 4 is 5.69 Å². The van der Waals surface area contributed by atoms with Crippen LogP contribution in [-0.4, -0.2) is 26.8 Å². The molecule has 17 heavy (non-hydrogen) atoms. The lowest BCUT2D eigenvalue weighted by molar-refractivity contribution is 0.181. The summed E-state index contributed by atoms with van der Waals surface area (Å²) in [4.78, 5) is 2.45. The summed E-state index contributed by atoms with van der Waals surface area (Å²) in [7, 11) is 1.70. The van der Waals surface area contributed by atoms with E-state index in [1.54, 1.807) is 7.11 Å². The molecule has 1 saturated heterocycles. The number of piperidine rings is 1. The standard InChI is InChI=1S/C14H22N2O/c1-17-11-13(15)12-7-3-4-8-14(12)16-9-5-2-6-10-16/h3-4,7-8,13H,2,5-6,9-11,15H2,1H3. The van der Waals surface area contributed by atoms with Gasteiger partial charge in [-0.3, -0.25) is 0 Å². The van der Waals surface area contributed by atoms with Crippen LogP contribution in [0.25, 0.3) is 0 Å². The van der Waals surface area contributed by atoms with E-state index in [-0.39, 0.29) is 6.04 Å². The Bertz CT molecular complexity index is 348. The van der Waals surface area contributed by atoms with Gasteiger partial charge in [0.05, 0.1) is 12.6 Å². The number of methoxy groups -OCH3 is 1. The van der Waals surface area contributed by atoms with Gasteiger partial charge >= 0.3 is 0 Å². The second kappa shape index (κ2) is 6.03. The van der Waals surface area contributed by atoms with Crippen LogP contribution in [-0.2, 0) is 4.74 Å². The highest BCUT2D eigenvalue weighted by atomic mass is 16.5. The maximum Gasteiger partial charge on any atom is 0.0656 e. The van der Waals surface area contributed by atoms with Crippen molar-refractivity contribution in [2.24, 2.45) is 5.73 Å². The Morgan fingerprint density at radius 2 is 1.94 bits per heavy atom. The molecule has 3 nitrogen and oxygen atoms in total. The summed E-state index contributed by atoms with van der Waals surface area (Å²) >= 11 is 0. The predicted molar refractivity (Wildman–Crippen MR) is 71.3 cm³/mol. The van der Waals surface area contributed by atoms with Crippen LogP contribution in [0.1, 0.15) is 30.9 Å². The Morgan fingerprint density at radius 3 is 2.65 bits per heavy atom. The molecular weight excluding hydrogens is 212 g/mol. The monoisotopic (exact) mass is 234 g/mol. The van der Waals surface area contributed by atoms with Gasteiger partial charge in [-0.2, -0.15) is 0 Å². The zero-order valence-corrected chi connectivity index (χ0v) is 10.6. The zero-order valence-electron chi connectivity index (χ0n) is 10.6. The molecule has 0 bridgehead atoms. The first-order valence-corrected chi connectivity index (χ1v) is 6.41. The average Bonchev–Trinajstić information content (AvgIpc) is 2.40. The van der Waals surface area contributed by atoms with E-state index in [4.69, 9.17) is 10.5 Å². The largest absolute Gasteiger partial charge is 0.383 e. The third-order valence-electron chi connectivity index (χ3n) is 3.38. The van der Waals surface area contributed by atoms with E-state index in [0.29, 0.717) is 6.61 Å². The molecule has 0 amide bonds. The lowest BCUT2D eigenvalue weighted by Crippen LogP contribution is -2.31. The Kier molecular flexibility index (Phi) is 4.40. The van der Waals surface area contributed by atoms with Crippen LogP contribution in [0.3, 0.4) is 0 Å². The van der Waals surface area contributed by atoms with Crippen molar-refractivity contribution in [1.82, 2.24) is 0 Å². The van der Waals surface area contributed by atoms with E-state index in [1.165, 1.54) is 30.5 Å². The number of nitrogens with zero attached hydrogens (tertiary/aromatic N) is 1. The third kappa shape index (κ3) is 2.99. The summed E-state index contributed by atoms with van der Waals surface area (Å²) in [6, 6.07) is 8.41. The molecule has 0 aliphatic carbocycles. The molecule has 1 aliphatic rings. The van der Waals surface area contributed by atoms with E-state index in [1.807, 2.05) is 0 Å². The molecular formula is C14H22N2O. The molecule has 1 atom stereocenters. The number of anilines is 1. The molecule has 0 spiro atoms. The number of hydrogen-bond donors (Lipinski definition) is 1. The molecule has 1 aliphatic heterocycles. The van der Waals surface area contributed by atoms with Gasteiger partial charge in [0, 0.05) is 25.9 Å². The van der Waals surface area contributed by atoms with Crippen LogP contribution in [0.4, 0.5) is 5.69 Å². The van der Waals surface area contributed by atoms with E-state index in [2.05, 4.69) is 29.2 Å². The molecule has 2 rings (SSSR count). The molecule has 0 aromatic heterocycles. The fourth-order valence-electron chi connectivity index (χ4n) is 2.49. The van der Waals surface area contributed by atoms with Gasteiger partial charge in [-0.05, 0) is 30.9 Å². The number of rotatable bonds is 4. The fraction of sp³-hybridized carbons (Fsp3) is 0.571. The Labute approximate surface area is 104 Å². The highest BCUT2D eigenvalue weighted by Gasteiger charge is 2.17. The van der Waals surface area contributed by atoms with Crippen molar-refractivity contribution in [1.29, 1.82) is 0 Å². The second-order valence-electron chi connectivity index (χ2n) is 4.67. The molecule has 1 aromatic rings. The predicted octanol–water partition coefficient (Wildman–Crippen LogP) is 2.32. The number of hydrogen-bond acceptors (Lipinski definition) is 3. The SMILES string of the molecule is COCC(N)c1ccccc1N1CCCCC1. The lowest BCUT2D eigenvalue weighted by atomic mass is 10.0. The van der Waals surface area contributed by atoms with Crippen molar-refractivity contribution in [3.63, 3.8) is 0 Å². The number of ether oxygens (including phenoxy) is 1. The Hall–Kier alpha value is -1.06. The van der Waals surface area contributed by atoms with Crippen molar-refractivity contribution in [2.75, 3.05) is 31.7 Å². The smallest absolute Gasteiger partial charge is 0.0656 e. The average molecular weight is 234 g/mol. The van der Waals surface area contributed by atoms with Gasteiger partial charge in [0.1, 0.15) is 0 Å². The van der Waals surface area contributed by atoms with Gasteiger partial charge in [-0.1, -0.05) is 18.2 Å². The van der Waals surface area contributed by atoms with Crippen molar-refractivity contribution in [2.45, 2.75) is 25.3 Å². The Morgan fingerprint density at radius 1 is 1.24 bits per heavy atom. The van der Waals surface area contributed by atoms with Gasteiger partial charge in [0.15, 0.2) is 0 Å². The first kappa shape index (κ1) is 12.4. The molecule has 1 aromatic carbocycles. The highest BCUT2D eigenvalue weighted by molar-refractivity contribution is 5.55. The minimum absolute atomic E-state index is 0.0295. The molecule has 1 heterocycles. The molecule has 1 unspecified atom stereocenters. The number of nitrogens with two attached hydrogens (primary N) is 1. The minimum atomic E-state index is -0.0295. The lowest BCUT2D eigenvalue weighted by Gasteiger charge is -2.31. The van der Waals surface area contributed by atoms with E-state index >= 15 is 0 Å². The maximum absolute atomic E-state index is 6.16. The van der Waals surface area contributed by atoms with Crippen LogP contribution in [0, 0.1) is 0 Å². The Balaban J connectivity index is 2.19. The normalized spacial score (nSPS) is 18.1. The van der Waals surface area contributed by atoms with E-state index < -0.39 is 0 Å². The summed E-state index contributed by atoms with van der Waals surface area (Å²) in [5.74, 6) is 0. The summed E-state index contributed by atoms with van der Waals surface area (Å²) < 4.78 is 5.16. The molecule has 0 radical (unpaired) electrons. The van der Waals surface area contributed by atoms with Gasteiger partial charge in [0.25, 0.3) is 0 Å². The molecule has 0 saturated carbocycles. The first-order valence-electron chi connectivity index (χ1n) is 6.41. The second-order valence-corrected chi connectivity index (χ2v) is 4.67. The van der Waals surface area contributed by atoms with Gasteiger partial charge in [-0.25, -0.2) is 0 Å². The summed E-state index contributed by atoms with van der Waals surface area (Å²) in [5.41, 5.74) is 8.65. The number of para-hydroxylation sites is 1. The van der Waals surface area contributed by atoms with Crippen molar-refractivity contribution < 1.29 is 4.74 Å². The highest BCUT2D eigenvalue weighted by Crippen LogP contribution is 2.27. The zero-order chi connectivity index (χ0) is 12.1. The molecule has 3 heteroatoms. The van der Waals surface area contributed by atoms with Gasteiger partial charge in [0.2, 0.25) is 0 Å². The van der Waals surface area contributed by atoms with Gasteiger partial charge < -0.3 is 15.4 Å². The minimum Gasteiger partial charge on any atom is -0.383 e. The molecule has 1 fully saturated rings. The van der Waals surface area contributed by atoms with E-state index in [0.717, 1.165) is 13.1 Å². The van der Waals surface area contributed by atoms with Gasteiger partial charge in [-0.15, -0.1) is 0 Å². The van der Waals surface area contributed by atoms with Crippen LogP contribution < -0.4 is 10.6 Å². The van der Waals surface area contributed by atoms with Crippen LogP contribution >= 0.6 is 0 Å². The van der Waals surface area contributed by atoms with Crippen LogP contribution in [0.15, 0.2) is 24.3 Å². The summed E-state index contributed by atoms with van der Waals surface area (Å²) in [6.07, 6.45) is 3.92. The summed E-state index contributed by atoms with van der Waals surface area (Å²) in [6.45, 7) is 2.87. The van der Waals surface area contributed by atoms with Crippen molar-refractivity contribution in [3.8, 4) is 0 Å². The molecule has 94 valence electrons. The molecule has 2 N–H and O–H groups in total. The quantitative estimate of drug-likeness (QED) is 0.869. The van der Waals surface area contributed by atoms with Crippen molar-refractivity contribution in [3.05, 3.63) is 29.8 Å². The summed E-state index contributed by atoms with van der Waals surface area (Å²) in [5, 5.41) is 0. The van der Waals surface area contributed by atoms with E-state index in [9.17, 15) is 0 Å². The third-order valence-corrected chi connectivity index (χ3v) is 3.38. The topological polar surface area (TPSA) is 38.5 Å². The van der Waals surface area contributed by atoms with Crippen LogP contribution in [0.2, 0.25) is 0 Å². The number of benzene rings is 1.